The van der Waals surface area contributed by atoms with Crippen LogP contribution >= 0.6 is 24.8 Å². The Labute approximate surface area is 186 Å². The SMILES string of the molecule is CCCC[NH-].Cl.Cl.[CH2-]c1c(C2=C(C)C(C)=CC2)ccc2ccccc12.[Ti+2]. The average molecular weight is 426 g/mol. The standard InChI is InChI=1S/C18H17.C4H10N.2ClH.Ti/c1-12-8-10-17(13(12)2)18-11-9-15-6-4-5-7-16(15)14(18)3;1-2-3-4-5;;;/h4-9,11H,3,10H2,1-2H3;5H,2-4H2,1H3;2*1H;/q2*-1;;;+2. The van der Waals surface area contributed by atoms with Crippen molar-refractivity contribution < 1.29 is 21.7 Å². The summed E-state index contributed by atoms with van der Waals surface area (Å²) < 4.78 is 0. The van der Waals surface area contributed by atoms with Gasteiger partial charge in [0.05, 0.1) is 0 Å². The van der Waals surface area contributed by atoms with Crippen molar-refractivity contribution in [2.45, 2.75) is 40.0 Å². The van der Waals surface area contributed by atoms with Gasteiger partial charge in [-0.05, 0) is 20.3 Å². The van der Waals surface area contributed by atoms with E-state index in [1.54, 1.807) is 0 Å². The number of halogens is 2. The second-order valence-electron chi connectivity index (χ2n) is 6.11. The fraction of sp³-hybridized carbons (Fsp3) is 0.318. The molecule has 0 unspecified atom stereocenters. The number of allylic oxidation sites excluding steroid dienone is 4. The maximum Gasteiger partial charge on any atom is 2.00 e. The second-order valence-corrected chi connectivity index (χ2v) is 6.11. The van der Waals surface area contributed by atoms with Crippen LogP contribution in [0.1, 0.15) is 51.2 Å². The van der Waals surface area contributed by atoms with Crippen LogP contribution in [0.3, 0.4) is 0 Å². The topological polar surface area (TPSA) is 23.8 Å². The first-order chi connectivity index (χ1) is 11.1. The van der Waals surface area contributed by atoms with Crippen LogP contribution in [-0.2, 0) is 21.7 Å². The Bertz CT molecular complexity index is 749. The van der Waals surface area contributed by atoms with E-state index < -0.39 is 0 Å². The molecule has 3 rings (SSSR count). The van der Waals surface area contributed by atoms with Crippen molar-refractivity contribution in [3.8, 4) is 0 Å². The Kier molecular flexibility index (Phi) is 14.3. The van der Waals surface area contributed by atoms with Gasteiger partial charge in [-0.1, -0.05) is 72.2 Å². The van der Waals surface area contributed by atoms with Crippen LogP contribution in [0.2, 0.25) is 0 Å². The van der Waals surface area contributed by atoms with Gasteiger partial charge in [-0.2, -0.15) is 19.0 Å². The van der Waals surface area contributed by atoms with Crippen molar-refractivity contribution in [1.29, 1.82) is 0 Å². The number of rotatable bonds is 3. The molecule has 1 nitrogen and oxygen atoms in total. The first-order valence-corrected chi connectivity index (χ1v) is 8.45. The number of hydrogen-bond donors (Lipinski definition) is 0. The van der Waals surface area contributed by atoms with Crippen molar-refractivity contribution in [3.05, 3.63) is 77.4 Å². The molecule has 0 aliphatic heterocycles. The van der Waals surface area contributed by atoms with Gasteiger partial charge in [0, 0.05) is 0 Å². The van der Waals surface area contributed by atoms with E-state index in [1.165, 1.54) is 33.1 Å². The minimum absolute atomic E-state index is 0. The van der Waals surface area contributed by atoms with E-state index in [0.717, 1.165) is 24.8 Å². The maximum absolute atomic E-state index is 6.60. The minimum atomic E-state index is 0. The Balaban J connectivity index is 0. The van der Waals surface area contributed by atoms with E-state index in [1.807, 2.05) is 0 Å². The molecule has 140 valence electrons. The molecular weight excluding hydrogens is 397 g/mol. The summed E-state index contributed by atoms with van der Waals surface area (Å²) in [7, 11) is 0. The summed E-state index contributed by atoms with van der Waals surface area (Å²) in [5, 5.41) is 2.53. The number of unbranched alkanes of at least 4 members (excludes halogenated alkanes) is 1. The first-order valence-electron chi connectivity index (χ1n) is 8.45. The molecule has 2 aromatic carbocycles. The van der Waals surface area contributed by atoms with Crippen LogP contribution in [0.4, 0.5) is 0 Å². The summed E-state index contributed by atoms with van der Waals surface area (Å²) in [6, 6.07) is 12.9. The summed E-state index contributed by atoms with van der Waals surface area (Å²) in [6.07, 6.45) is 5.56. The largest absolute Gasteiger partial charge is 2.00 e. The molecule has 0 saturated carbocycles. The van der Waals surface area contributed by atoms with Crippen LogP contribution < -0.4 is 0 Å². The molecule has 0 aromatic heterocycles. The Hall–Kier alpha value is -0.696. The Morgan fingerprint density at radius 2 is 1.69 bits per heavy atom. The molecular formula is C22H29Cl2NTi. The third kappa shape index (κ3) is 6.48. The van der Waals surface area contributed by atoms with Gasteiger partial charge in [-0.25, -0.2) is 0 Å². The van der Waals surface area contributed by atoms with Gasteiger partial charge in [0.1, 0.15) is 0 Å². The molecule has 1 aliphatic rings. The van der Waals surface area contributed by atoms with Gasteiger partial charge >= 0.3 is 21.7 Å². The predicted octanol–water partition coefficient (Wildman–Crippen LogP) is 7.83. The Morgan fingerprint density at radius 3 is 2.19 bits per heavy atom. The summed E-state index contributed by atoms with van der Waals surface area (Å²) in [6.45, 7) is 11.4. The summed E-state index contributed by atoms with van der Waals surface area (Å²) in [5.74, 6) is 0. The second kappa shape index (κ2) is 13.5. The minimum Gasteiger partial charge on any atom is -0.677 e. The van der Waals surface area contributed by atoms with E-state index in [2.05, 4.69) is 70.2 Å². The fourth-order valence-corrected chi connectivity index (χ4v) is 2.91. The molecule has 1 aliphatic carbocycles. The van der Waals surface area contributed by atoms with Crippen LogP contribution in [0, 0.1) is 6.92 Å². The van der Waals surface area contributed by atoms with E-state index in [-0.39, 0.29) is 46.5 Å². The average Bonchev–Trinajstić information content (AvgIpc) is 2.89. The zero-order valence-corrected chi connectivity index (χ0v) is 19.1. The van der Waals surface area contributed by atoms with Crippen LogP contribution in [0.15, 0.2) is 53.6 Å². The zero-order chi connectivity index (χ0) is 16.8. The van der Waals surface area contributed by atoms with E-state index >= 15 is 0 Å². The van der Waals surface area contributed by atoms with E-state index in [4.69, 9.17) is 5.73 Å². The van der Waals surface area contributed by atoms with E-state index in [9.17, 15) is 0 Å². The number of fused-ring (bicyclic) bond motifs is 1. The fourth-order valence-electron chi connectivity index (χ4n) is 2.91. The quantitative estimate of drug-likeness (QED) is 0.353. The van der Waals surface area contributed by atoms with Gasteiger partial charge in [-0.3, -0.25) is 0 Å². The number of hydrogen-bond acceptors (Lipinski definition) is 0. The van der Waals surface area contributed by atoms with Gasteiger partial charge < -0.3 is 5.73 Å². The van der Waals surface area contributed by atoms with Crippen molar-refractivity contribution in [1.82, 2.24) is 0 Å². The molecule has 26 heavy (non-hydrogen) atoms. The van der Waals surface area contributed by atoms with Gasteiger partial charge in [-0.15, -0.1) is 47.9 Å². The maximum atomic E-state index is 6.60. The van der Waals surface area contributed by atoms with Gasteiger partial charge in [0.15, 0.2) is 0 Å². The predicted molar refractivity (Wildman–Crippen MR) is 118 cm³/mol. The molecule has 0 saturated heterocycles. The van der Waals surface area contributed by atoms with E-state index in [0.29, 0.717) is 6.54 Å². The van der Waals surface area contributed by atoms with Gasteiger partial charge in [0.2, 0.25) is 0 Å². The molecule has 0 atom stereocenters. The molecule has 4 heteroatoms. The van der Waals surface area contributed by atoms with Crippen molar-refractivity contribution in [2.75, 3.05) is 6.54 Å². The third-order valence-corrected chi connectivity index (χ3v) is 4.55. The Morgan fingerprint density at radius 1 is 1.04 bits per heavy atom. The zero-order valence-electron chi connectivity index (χ0n) is 15.9. The number of nitrogens with one attached hydrogen (secondary N) is 1. The smallest absolute Gasteiger partial charge is 0.677 e. The van der Waals surface area contributed by atoms with Crippen LogP contribution in [0.25, 0.3) is 22.1 Å². The summed E-state index contributed by atoms with van der Waals surface area (Å²) in [4.78, 5) is 0. The van der Waals surface area contributed by atoms with Gasteiger partial charge in [0.25, 0.3) is 0 Å². The molecule has 0 heterocycles. The van der Waals surface area contributed by atoms with Crippen molar-refractivity contribution in [3.63, 3.8) is 0 Å². The third-order valence-electron chi connectivity index (χ3n) is 4.55. The van der Waals surface area contributed by atoms with Crippen LogP contribution in [0.5, 0.6) is 0 Å². The summed E-state index contributed by atoms with van der Waals surface area (Å²) >= 11 is 0. The van der Waals surface area contributed by atoms with Crippen molar-refractivity contribution in [2.24, 2.45) is 0 Å². The van der Waals surface area contributed by atoms with Crippen LogP contribution in [-0.4, -0.2) is 6.54 Å². The molecule has 0 bridgehead atoms. The molecule has 0 fully saturated rings. The molecule has 0 radical (unpaired) electrons. The summed E-state index contributed by atoms with van der Waals surface area (Å²) in [5.41, 5.74) is 13.3. The first kappa shape index (κ1) is 27.5. The molecule has 0 spiro atoms. The molecule has 1 N–H and O–H groups in total. The van der Waals surface area contributed by atoms with Crippen molar-refractivity contribution >= 4 is 41.2 Å². The normalized spacial score (nSPS) is 12.2. The monoisotopic (exact) mass is 425 g/mol. The number of benzene rings is 2. The molecule has 2 aromatic rings. The molecule has 0 amide bonds.